The van der Waals surface area contributed by atoms with E-state index in [1.54, 1.807) is 0 Å². The lowest BCUT2D eigenvalue weighted by molar-refractivity contribution is 0.458. The van der Waals surface area contributed by atoms with Gasteiger partial charge < -0.3 is 9.47 Å². The maximum atomic E-state index is 2.63. The van der Waals surface area contributed by atoms with E-state index in [1.807, 2.05) is 0 Å². The van der Waals surface area contributed by atoms with Crippen LogP contribution in [0.4, 0.5) is 17.1 Å². The lowest BCUT2D eigenvalue weighted by Gasteiger charge is -2.39. The molecule has 392 valence electrons. The van der Waals surface area contributed by atoms with E-state index in [0.29, 0.717) is 0 Å². The van der Waals surface area contributed by atoms with Crippen molar-refractivity contribution in [2.75, 3.05) is 4.90 Å². The summed E-state index contributed by atoms with van der Waals surface area (Å²) in [5, 5.41) is 4.85. The van der Waals surface area contributed by atoms with Gasteiger partial charge in [-0.3, -0.25) is 0 Å². The molecule has 11 aromatic carbocycles. The fourth-order valence-corrected chi connectivity index (χ4v) is 13.8. The van der Waals surface area contributed by atoms with Crippen LogP contribution in [0.3, 0.4) is 0 Å². The van der Waals surface area contributed by atoms with Gasteiger partial charge in [-0.2, -0.15) is 0 Å². The summed E-state index contributed by atoms with van der Waals surface area (Å²) < 4.78 is 2.44. The van der Waals surface area contributed by atoms with Crippen molar-refractivity contribution >= 4 is 55.2 Å². The average Bonchev–Trinajstić information content (AvgIpc) is 3.39. The Morgan fingerprint density at radius 3 is 1.62 bits per heavy atom. The molecule has 2 nitrogen and oxygen atoms in total. The number of benzene rings is 11. The van der Waals surface area contributed by atoms with Gasteiger partial charge in [-0.15, -0.1) is 0 Å². The molecule has 0 radical (unpaired) electrons. The van der Waals surface area contributed by atoms with Gasteiger partial charge in [0.05, 0.1) is 33.5 Å². The summed E-state index contributed by atoms with van der Waals surface area (Å²) in [4.78, 5) is 2.60. The largest absolute Gasteiger partial charge is 0.309 e. The second kappa shape index (κ2) is 19.5. The van der Waals surface area contributed by atoms with Crippen LogP contribution < -0.4 is 4.90 Å². The molecule has 0 fully saturated rings. The predicted octanol–water partition coefficient (Wildman–Crippen LogP) is 21.0. The Kier molecular flexibility index (Phi) is 12.1. The topological polar surface area (TPSA) is 8.17 Å². The number of hydrogen-bond acceptors (Lipinski definition) is 1. The number of anilines is 3. The van der Waals surface area contributed by atoms with Crippen LogP contribution >= 0.6 is 0 Å². The molecule has 2 aliphatic rings. The lowest BCUT2D eigenvalue weighted by atomic mass is 9.62. The van der Waals surface area contributed by atoms with E-state index in [2.05, 4.69) is 330 Å². The van der Waals surface area contributed by atoms with Gasteiger partial charge in [0.25, 0.3) is 0 Å². The first-order chi connectivity index (χ1) is 39.5. The van der Waals surface area contributed by atoms with E-state index in [-0.39, 0.29) is 22.7 Å². The van der Waals surface area contributed by atoms with Crippen LogP contribution in [0.5, 0.6) is 0 Å². The standard InChI is InChI=1S/C79H66N2/c1-77(2,3)58-49-55(50-59(52-58)78(4,5)6)62-39-24-27-53-28-25-40-66(75(53)62)65-37-18-22-43-71(65)81(74-46-26-45-73-76(74)67-38-19-23-44-72(67)80(73)60-33-14-9-15-34-60)70-42-21-17-35-61(70)54-47-48-64-63-36-16-20-41-68(63)79(69(64)51-54,56-29-10-7-11-30-56)57-31-12-8-13-32-57/h7-52,64,69H,1-6H3. The summed E-state index contributed by atoms with van der Waals surface area (Å²) >= 11 is 0. The third-order valence-electron chi connectivity index (χ3n) is 17.6. The Balaban J connectivity index is 1.05. The fourth-order valence-electron chi connectivity index (χ4n) is 13.8. The summed E-state index contributed by atoms with van der Waals surface area (Å²) in [6, 6.07) is 97.8. The van der Waals surface area contributed by atoms with Crippen LogP contribution in [0.1, 0.15) is 86.4 Å². The highest BCUT2D eigenvalue weighted by atomic mass is 15.2. The molecule has 14 rings (SSSR count). The minimum atomic E-state index is -0.433. The second-order valence-electron chi connectivity index (χ2n) is 24.4. The van der Waals surface area contributed by atoms with Crippen LogP contribution in [0.2, 0.25) is 0 Å². The molecule has 12 aromatic rings. The molecule has 2 heteroatoms. The highest BCUT2D eigenvalue weighted by molar-refractivity contribution is 6.18. The molecule has 2 unspecified atom stereocenters. The molecular formula is C79H66N2. The number of hydrogen-bond donors (Lipinski definition) is 0. The molecule has 1 heterocycles. The summed E-state index contributed by atoms with van der Waals surface area (Å²) in [6.07, 6.45) is 7.56. The van der Waals surface area contributed by atoms with Crippen LogP contribution in [0.15, 0.2) is 279 Å². The maximum Gasteiger partial charge on any atom is 0.0562 e. The van der Waals surface area contributed by atoms with Crippen molar-refractivity contribution in [2.24, 2.45) is 5.92 Å². The van der Waals surface area contributed by atoms with Crippen LogP contribution in [0.25, 0.3) is 66.1 Å². The van der Waals surface area contributed by atoms with E-state index < -0.39 is 5.41 Å². The summed E-state index contributed by atoms with van der Waals surface area (Å²) in [6.45, 7) is 14.0. The first-order valence-electron chi connectivity index (χ1n) is 28.8. The van der Waals surface area contributed by atoms with Crippen molar-refractivity contribution in [1.82, 2.24) is 4.57 Å². The van der Waals surface area contributed by atoms with Crippen molar-refractivity contribution < 1.29 is 0 Å². The smallest absolute Gasteiger partial charge is 0.0562 e. The van der Waals surface area contributed by atoms with E-state index >= 15 is 0 Å². The van der Waals surface area contributed by atoms with E-state index in [9.17, 15) is 0 Å². The summed E-state index contributed by atoms with van der Waals surface area (Å²) in [5.41, 5.74) is 21.5. The van der Waals surface area contributed by atoms with E-state index in [4.69, 9.17) is 0 Å². The minimum Gasteiger partial charge on any atom is -0.309 e. The predicted molar refractivity (Wildman–Crippen MR) is 344 cm³/mol. The summed E-state index contributed by atoms with van der Waals surface area (Å²) in [7, 11) is 0. The number of fused-ring (bicyclic) bond motifs is 7. The number of aromatic nitrogens is 1. The molecule has 0 saturated carbocycles. The first kappa shape index (κ1) is 50.0. The third-order valence-corrected chi connectivity index (χ3v) is 17.6. The Labute approximate surface area is 477 Å². The monoisotopic (exact) mass is 1040 g/mol. The van der Waals surface area contributed by atoms with Gasteiger partial charge in [0.1, 0.15) is 0 Å². The number of allylic oxidation sites excluding steroid dienone is 4. The zero-order valence-electron chi connectivity index (χ0n) is 47.1. The van der Waals surface area contributed by atoms with Gasteiger partial charge in [0.2, 0.25) is 0 Å². The van der Waals surface area contributed by atoms with Gasteiger partial charge in [0.15, 0.2) is 0 Å². The van der Waals surface area contributed by atoms with Gasteiger partial charge in [-0.05, 0) is 120 Å². The van der Waals surface area contributed by atoms with Crippen LogP contribution in [-0.2, 0) is 16.2 Å². The molecule has 1 aromatic heterocycles. The second-order valence-corrected chi connectivity index (χ2v) is 24.4. The van der Waals surface area contributed by atoms with Gasteiger partial charge in [-0.1, -0.05) is 278 Å². The molecule has 0 N–H and O–H groups in total. The zero-order chi connectivity index (χ0) is 55.0. The fraction of sp³-hybridized carbons (Fsp3) is 0.139. The molecule has 0 aliphatic heterocycles. The van der Waals surface area contributed by atoms with Gasteiger partial charge >= 0.3 is 0 Å². The Morgan fingerprint density at radius 1 is 0.420 bits per heavy atom. The number of rotatable bonds is 9. The molecule has 2 atom stereocenters. The Bertz CT molecular complexity index is 4350. The molecule has 0 bridgehead atoms. The van der Waals surface area contributed by atoms with Crippen molar-refractivity contribution in [3.8, 4) is 27.9 Å². The number of nitrogens with zero attached hydrogens (tertiary/aromatic N) is 2. The quantitative estimate of drug-likeness (QED) is 0.140. The molecule has 0 saturated heterocycles. The lowest BCUT2D eigenvalue weighted by Crippen LogP contribution is -2.35. The van der Waals surface area contributed by atoms with Crippen molar-refractivity contribution in [1.29, 1.82) is 0 Å². The van der Waals surface area contributed by atoms with Crippen LogP contribution in [-0.4, -0.2) is 4.57 Å². The Morgan fingerprint density at radius 2 is 0.938 bits per heavy atom. The molecule has 81 heavy (non-hydrogen) atoms. The Hall–Kier alpha value is -9.24. The van der Waals surface area contributed by atoms with Gasteiger partial charge in [-0.25, -0.2) is 0 Å². The molecular weight excluding hydrogens is 977 g/mol. The minimum absolute atomic E-state index is 0.0369. The molecule has 2 aliphatic carbocycles. The highest BCUT2D eigenvalue weighted by Crippen LogP contribution is 2.61. The van der Waals surface area contributed by atoms with Crippen LogP contribution in [0, 0.1) is 5.92 Å². The molecule has 0 spiro atoms. The van der Waals surface area contributed by atoms with Gasteiger partial charge in [0, 0.05) is 39.4 Å². The maximum absolute atomic E-state index is 2.63. The zero-order valence-corrected chi connectivity index (χ0v) is 47.1. The van der Waals surface area contributed by atoms with Crippen molar-refractivity contribution in [3.63, 3.8) is 0 Å². The number of para-hydroxylation sites is 4. The van der Waals surface area contributed by atoms with E-state index in [1.165, 1.54) is 88.3 Å². The SMILES string of the molecule is CC(C)(C)c1cc(-c2cccc3cccc(-c4ccccc4N(c4ccccc4C4=CC5C(C=C4)c4ccccc4C5(c4ccccc4)c4ccccc4)c4cccc5c4c4ccccc4n5-c4ccccc4)c23)cc(C(C)(C)C)c1. The molecule has 0 amide bonds. The van der Waals surface area contributed by atoms with E-state index in [0.717, 1.165) is 33.8 Å². The third kappa shape index (κ3) is 8.22. The van der Waals surface area contributed by atoms with Crippen molar-refractivity contribution in [3.05, 3.63) is 318 Å². The highest BCUT2D eigenvalue weighted by Gasteiger charge is 2.53. The van der Waals surface area contributed by atoms with Crippen molar-refractivity contribution in [2.45, 2.75) is 63.7 Å². The summed E-state index contributed by atoms with van der Waals surface area (Å²) in [5.74, 6) is 0.266. The normalized spacial score (nSPS) is 15.7. The average molecular weight is 1040 g/mol. The first-order valence-corrected chi connectivity index (χ1v) is 28.8.